The van der Waals surface area contributed by atoms with Gasteiger partial charge in [0.1, 0.15) is 16.0 Å². The van der Waals surface area contributed by atoms with Crippen molar-refractivity contribution in [1.29, 1.82) is 10.5 Å². The van der Waals surface area contributed by atoms with Gasteiger partial charge >= 0.3 is 0 Å². The third kappa shape index (κ3) is 4.03. The van der Waals surface area contributed by atoms with E-state index in [4.69, 9.17) is 21.0 Å². The maximum absolute atomic E-state index is 9.10. The van der Waals surface area contributed by atoms with Crippen LogP contribution in [0.5, 0.6) is 11.6 Å². The van der Waals surface area contributed by atoms with E-state index in [2.05, 4.69) is 43.4 Å². The smallest absolute Gasteiger partial charge is 0.240 e. The molecule has 1 aromatic heterocycles. The summed E-state index contributed by atoms with van der Waals surface area (Å²) in [5, 5.41) is 21.0. The van der Waals surface area contributed by atoms with Gasteiger partial charge in [-0.1, -0.05) is 0 Å². The fourth-order valence-electron chi connectivity index (χ4n) is 2.60. The topological polar surface area (TPSA) is 121 Å². The van der Waals surface area contributed by atoms with Crippen LogP contribution in [0.15, 0.2) is 40.9 Å². The van der Waals surface area contributed by atoms with Gasteiger partial charge in [-0.25, -0.2) is 0 Å². The lowest BCUT2D eigenvalue weighted by Gasteiger charge is -2.14. The van der Waals surface area contributed by atoms with Gasteiger partial charge in [0.25, 0.3) is 0 Å². The largest absolute Gasteiger partial charge is 0.437 e. The van der Waals surface area contributed by atoms with Crippen LogP contribution in [0, 0.1) is 36.5 Å². The molecule has 0 aliphatic carbocycles. The molecule has 3 N–H and O–H groups in total. The van der Waals surface area contributed by atoms with Crippen molar-refractivity contribution in [3.63, 3.8) is 0 Å². The number of rotatable bonds is 4. The zero-order valence-electron chi connectivity index (χ0n) is 15.1. The predicted octanol–water partition coefficient (Wildman–Crippen LogP) is 4.72. The minimum atomic E-state index is 0.213. The molecule has 0 bridgehead atoms. The molecule has 28 heavy (non-hydrogen) atoms. The number of halogens is 1. The van der Waals surface area contributed by atoms with Gasteiger partial charge in [0.15, 0.2) is 0 Å². The number of anilines is 3. The van der Waals surface area contributed by atoms with Crippen LogP contribution in [0.4, 0.5) is 17.5 Å². The Bertz CT molecular complexity index is 1110. The molecule has 0 spiro atoms. The number of hydrogen-bond acceptors (Lipinski definition) is 7. The number of nitriles is 2. The van der Waals surface area contributed by atoms with E-state index in [-0.39, 0.29) is 17.6 Å². The van der Waals surface area contributed by atoms with Crippen LogP contribution in [0.25, 0.3) is 0 Å². The quantitative estimate of drug-likeness (QED) is 0.601. The summed E-state index contributed by atoms with van der Waals surface area (Å²) >= 11 is 3.36. The van der Waals surface area contributed by atoms with Crippen LogP contribution >= 0.6 is 15.9 Å². The predicted molar refractivity (Wildman–Crippen MR) is 109 cm³/mol. The van der Waals surface area contributed by atoms with E-state index < -0.39 is 0 Å². The Labute approximate surface area is 170 Å². The molecule has 3 aromatic rings. The van der Waals surface area contributed by atoms with Gasteiger partial charge in [0, 0.05) is 5.69 Å². The maximum atomic E-state index is 9.10. The highest BCUT2D eigenvalue weighted by Crippen LogP contribution is 2.36. The number of hydrogen-bond donors (Lipinski definition) is 2. The Morgan fingerprint density at radius 3 is 2.18 bits per heavy atom. The molecular formula is C20H15BrN6O. The molecule has 0 saturated heterocycles. The Morgan fingerprint density at radius 1 is 1.00 bits per heavy atom. The number of benzene rings is 2. The molecule has 0 aliphatic heterocycles. The fourth-order valence-corrected chi connectivity index (χ4v) is 2.85. The molecule has 1 heterocycles. The van der Waals surface area contributed by atoms with Crippen LogP contribution in [-0.4, -0.2) is 9.97 Å². The molecule has 0 unspecified atom stereocenters. The summed E-state index contributed by atoms with van der Waals surface area (Å²) in [5.41, 5.74) is 9.43. The highest BCUT2D eigenvalue weighted by atomic mass is 79.9. The molecule has 0 fully saturated rings. The van der Waals surface area contributed by atoms with Crippen molar-refractivity contribution < 1.29 is 4.74 Å². The van der Waals surface area contributed by atoms with Gasteiger partial charge in [0.2, 0.25) is 11.8 Å². The van der Waals surface area contributed by atoms with Crippen molar-refractivity contribution in [1.82, 2.24) is 9.97 Å². The molecule has 0 saturated carbocycles. The van der Waals surface area contributed by atoms with E-state index in [1.807, 2.05) is 13.8 Å². The van der Waals surface area contributed by atoms with Crippen molar-refractivity contribution in [2.24, 2.45) is 0 Å². The summed E-state index contributed by atoms with van der Waals surface area (Å²) in [6.45, 7) is 3.72. The first kappa shape index (κ1) is 19.2. The van der Waals surface area contributed by atoms with Gasteiger partial charge in [0.05, 0.1) is 23.3 Å². The molecule has 138 valence electrons. The van der Waals surface area contributed by atoms with E-state index in [0.717, 1.165) is 11.1 Å². The van der Waals surface area contributed by atoms with Crippen molar-refractivity contribution >= 4 is 33.4 Å². The Hall–Kier alpha value is -3.62. The van der Waals surface area contributed by atoms with Gasteiger partial charge in [-0.2, -0.15) is 20.5 Å². The third-order valence-corrected chi connectivity index (χ3v) is 4.65. The molecule has 2 aromatic carbocycles. The molecular weight excluding hydrogens is 426 g/mol. The van der Waals surface area contributed by atoms with E-state index in [9.17, 15) is 0 Å². The second-order valence-corrected chi connectivity index (χ2v) is 6.81. The summed E-state index contributed by atoms with van der Waals surface area (Å²) in [6.07, 6.45) is 0. The number of nitrogens with two attached hydrogens (primary N) is 1. The van der Waals surface area contributed by atoms with Gasteiger partial charge in [-0.15, -0.1) is 0 Å². The highest BCUT2D eigenvalue weighted by Gasteiger charge is 2.16. The van der Waals surface area contributed by atoms with Crippen LogP contribution < -0.4 is 15.8 Å². The molecule has 0 atom stereocenters. The van der Waals surface area contributed by atoms with Crippen molar-refractivity contribution in [2.45, 2.75) is 13.8 Å². The Morgan fingerprint density at radius 2 is 1.61 bits per heavy atom. The van der Waals surface area contributed by atoms with Crippen molar-refractivity contribution in [2.75, 3.05) is 11.1 Å². The standard InChI is InChI=1S/C20H15BrN6O/c1-11-7-14(10-23)8-12(2)17(11)28-19-16(21)18(24)26-20(27-19)25-15-5-3-13(9-22)4-6-15/h3-8H,1-2H3,(H3,24,25,26,27)/i3+1,4+1,5+1,6+1,13+1,15+1. The second-order valence-electron chi connectivity index (χ2n) is 6.02. The maximum Gasteiger partial charge on any atom is 0.240 e. The third-order valence-electron chi connectivity index (χ3n) is 3.90. The average molecular weight is 441 g/mol. The summed E-state index contributed by atoms with van der Waals surface area (Å²) in [5.74, 6) is 1.32. The fraction of sp³-hybridized carbons (Fsp3) is 0.100. The summed E-state index contributed by atoms with van der Waals surface area (Å²) in [4.78, 5) is 8.60. The van der Waals surface area contributed by atoms with E-state index in [1.54, 1.807) is 36.4 Å². The van der Waals surface area contributed by atoms with E-state index in [0.29, 0.717) is 27.0 Å². The number of nitrogens with zero attached hydrogens (tertiary/aromatic N) is 4. The minimum Gasteiger partial charge on any atom is -0.437 e. The SMILES string of the molecule is Cc1cc(C#N)cc(C)c1Oc1nc(N[13c]2[13cH][13cH][13c](C#N)[13cH][13cH]2)nc(N)c1Br. The van der Waals surface area contributed by atoms with E-state index in [1.165, 1.54) is 0 Å². The van der Waals surface area contributed by atoms with Crippen molar-refractivity contribution in [3.05, 3.63) is 63.1 Å². The highest BCUT2D eigenvalue weighted by molar-refractivity contribution is 9.10. The lowest BCUT2D eigenvalue weighted by molar-refractivity contribution is 0.453. The number of aryl methyl sites for hydroxylation is 2. The van der Waals surface area contributed by atoms with Gasteiger partial charge in [-0.3, -0.25) is 0 Å². The second kappa shape index (κ2) is 7.95. The molecule has 7 nitrogen and oxygen atoms in total. The molecule has 0 aliphatic rings. The molecule has 0 radical (unpaired) electrons. The zero-order valence-corrected chi connectivity index (χ0v) is 16.7. The average Bonchev–Trinajstić information content (AvgIpc) is 2.68. The lowest BCUT2D eigenvalue weighted by atomic mass is 10.1. The van der Waals surface area contributed by atoms with E-state index >= 15 is 0 Å². The first-order valence-electron chi connectivity index (χ1n) is 8.20. The number of nitrogens with one attached hydrogen (secondary N) is 1. The van der Waals surface area contributed by atoms with Crippen LogP contribution in [0.2, 0.25) is 0 Å². The molecule has 3 rings (SSSR count). The Balaban J connectivity index is 1.94. The van der Waals surface area contributed by atoms with Crippen LogP contribution in [0.3, 0.4) is 0 Å². The van der Waals surface area contributed by atoms with Gasteiger partial charge in [-0.05, 0) is 77.3 Å². The van der Waals surface area contributed by atoms with Gasteiger partial charge < -0.3 is 15.8 Å². The number of ether oxygens (including phenoxy) is 1. The Kier molecular flexibility index (Phi) is 5.44. The summed E-state index contributed by atoms with van der Waals surface area (Å²) in [7, 11) is 0. The van der Waals surface area contributed by atoms with Crippen LogP contribution in [-0.2, 0) is 0 Å². The first-order valence-corrected chi connectivity index (χ1v) is 9.00. The molecule has 8 heteroatoms. The summed E-state index contributed by atoms with van der Waals surface area (Å²) in [6, 6.07) is 14.5. The first-order chi connectivity index (χ1) is 13.4. The van der Waals surface area contributed by atoms with Crippen molar-refractivity contribution in [3.8, 4) is 23.8 Å². The van der Waals surface area contributed by atoms with Crippen LogP contribution in [0.1, 0.15) is 22.3 Å². The zero-order chi connectivity index (χ0) is 20.3. The minimum absolute atomic E-state index is 0.213. The number of nitrogen functional groups attached to an aromatic ring is 1. The normalized spacial score (nSPS) is 10.0. The lowest BCUT2D eigenvalue weighted by Crippen LogP contribution is -2.04. The monoisotopic (exact) mass is 440 g/mol. The molecule has 0 amide bonds. The summed E-state index contributed by atoms with van der Waals surface area (Å²) < 4.78 is 6.43. The number of aromatic nitrogens is 2.